The zero-order valence-electron chi connectivity index (χ0n) is 6.69. The summed E-state index contributed by atoms with van der Waals surface area (Å²) in [6.07, 6.45) is 4.49. The Kier molecular flexibility index (Phi) is 5.31. The number of unbranched alkanes of at least 4 members (excludes halogenated alkanes) is 1. The predicted octanol–water partition coefficient (Wildman–Crippen LogP) is 2.82. The maximum Gasteiger partial charge on any atom is 0.125 e. The molecule has 0 heterocycles. The normalized spacial score (nSPS) is 11.5. The van der Waals surface area contributed by atoms with Crippen molar-refractivity contribution in [3.8, 4) is 0 Å². The Morgan fingerprint density at radius 3 is 2.40 bits per heavy atom. The largest absolute Gasteiger partial charge is 0.303 e. The molecule has 0 spiro atoms. The van der Waals surface area contributed by atoms with Gasteiger partial charge in [-0.1, -0.05) is 42.9 Å². The Balaban J connectivity index is 3.37. The number of carbonyl (C=O) groups is 1. The maximum absolute atomic E-state index is 10.4. The summed E-state index contributed by atoms with van der Waals surface area (Å²) in [6, 6.07) is 0. The highest BCUT2D eigenvalue weighted by molar-refractivity contribution is 14.1. The van der Waals surface area contributed by atoms with Gasteiger partial charge in [0, 0.05) is 5.41 Å². The van der Waals surface area contributed by atoms with Gasteiger partial charge in [-0.15, -0.1) is 0 Å². The smallest absolute Gasteiger partial charge is 0.125 e. The van der Waals surface area contributed by atoms with E-state index in [-0.39, 0.29) is 5.41 Å². The van der Waals surface area contributed by atoms with Crippen molar-refractivity contribution in [1.82, 2.24) is 0 Å². The molecule has 0 bridgehead atoms. The zero-order chi connectivity index (χ0) is 8.04. The minimum atomic E-state index is -0.0915. The summed E-state index contributed by atoms with van der Waals surface area (Å²) < 4.78 is 1.20. The van der Waals surface area contributed by atoms with Crippen molar-refractivity contribution >= 4 is 28.9 Å². The molecule has 0 saturated heterocycles. The number of carbonyl (C=O) groups excluding carboxylic acids is 1. The van der Waals surface area contributed by atoms with Gasteiger partial charge < -0.3 is 4.79 Å². The van der Waals surface area contributed by atoms with Crippen LogP contribution >= 0.6 is 22.6 Å². The quantitative estimate of drug-likeness (QED) is 0.319. The molecule has 0 aliphatic carbocycles. The third kappa shape index (κ3) is 5.21. The number of alkyl halides is 1. The van der Waals surface area contributed by atoms with Crippen molar-refractivity contribution < 1.29 is 4.79 Å². The van der Waals surface area contributed by atoms with E-state index in [1.165, 1.54) is 17.3 Å². The second kappa shape index (κ2) is 5.10. The lowest BCUT2D eigenvalue weighted by Crippen LogP contribution is -2.12. The number of halogens is 1. The van der Waals surface area contributed by atoms with Crippen molar-refractivity contribution in [3.63, 3.8) is 0 Å². The first-order valence-corrected chi connectivity index (χ1v) is 5.17. The second-order valence-corrected chi connectivity index (χ2v) is 4.33. The van der Waals surface area contributed by atoms with Gasteiger partial charge in [0.25, 0.3) is 0 Å². The molecule has 0 aromatic heterocycles. The van der Waals surface area contributed by atoms with E-state index in [9.17, 15) is 4.79 Å². The summed E-state index contributed by atoms with van der Waals surface area (Å²) in [5.74, 6) is 0. The lowest BCUT2D eigenvalue weighted by molar-refractivity contribution is -0.115. The number of rotatable bonds is 5. The van der Waals surface area contributed by atoms with E-state index in [0.29, 0.717) is 0 Å². The van der Waals surface area contributed by atoms with Gasteiger partial charge in [-0.25, -0.2) is 0 Å². The molecule has 0 atom stereocenters. The minimum absolute atomic E-state index is 0.0915. The summed E-state index contributed by atoms with van der Waals surface area (Å²) in [5.41, 5.74) is -0.0915. The van der Waals surface area contributed by atoms with Gasteiger partial charge >= 0.3 is 0 Å². The van der Waals surface area contributed by atoms with E-state index >= 15 is 0 Å². The van der Waals surface area contributed by atoms with Crippen LogP contribution in [-0.4, -0.2) is 10.7 Å². The van der Waals surface area contributed by atoms with Crippen LogP contribution in [0.15, 0.2) is 0 Å². The Labute approximate surface area is 76.7 Å². The molecule has 0 aromatic carbocycles. The summed E-state index contributed by atoms with van der Waals surface area (Å²) >= 11 is 2.36. The van der Waals surface area contributed by atoms with Gasteiger partial charge in [0.15, 0.2) is 0 Å². The predicted molar refractivity (Wildman–Crippen MR) is 52.6 cm³/mol. The van der Waals surface area contributed by atoms with Gasteiger partial charge in [0.2, 0.25) is 0 Å². The Morgan fingerprint density at radius 1 is 1.40 bits per heavy atom. The van der Waals surface area contributed by atoms with Crippen LogP contribution < -0.4 is 0 Å². The van der Waals surface area contributed by atoms with Gasteiger partial charge in [0.05, 0.1) is 0 Å². The molecule has 0 saturated carbocycles. The van der Waals surface area contributed by atoms with E-state index in [1.54, 1.807) is 0 Å². The highest BCUT2D eigenvalue weighted by Crippen LogP contribution is 2.19. The molecule has 2 heteroatoms. The molecule has 0 radical (unpaired) electrons. The van der Waals surface area contributed by atoms with Crippen LogP contribution in [0.1, 0.15) is 33.1 Å². The molecule has 1 nitrogen and oxygen atoms in total. The Bertz CT molecular complexity index is 99.4. The molecule has 0 amide bonds. The van der Waals surface area contributed by atoms with Crippen LogP contribution in [0, 0.1) is 5.41 Å². The molecule has 0 unspecified atom stereocenters. The van der Waals surface area contributed by atoms with E-state index in [2.05, 4.69) is 22.6 Å². The molecule has 60 valence electrons. The zero-order valence-corrected chi connectivity index (χ0v) is 8.85. The van der Waals surface area contributed by atoms with Crippen molar-refractivity contribution in [3.05, 3.63) is 0 Å². The molecule has 0 rings (SSSR count). The van der Waals surface area contributed by atoms with Crippen molar-refractivity contribution in [2.45, 2.75) is 33.1 Å². The van der Waals surface area contributed by atoms with Gasteiger partial charge in [-0.05, 0) is 17.3 Å². The minimum Gasteiger partial charge on any atom is -0.303 e. The van der Waals surface area contributed by atoms with Crippen LogP contribution in [0.3, 0.4) is 0 Å². The maximum atomic E-state index is 10.4. The lowest BCUT2D eigenvalue weighted by atomic mass is 9.89. The Morgan fingerprint density at radius 2 is 2.00 bits per heavy atom. The fourth-order valence-electron chi connectivity index (χ4n) is 0.734. The van der Waals surface area contributed by atoms with Crippen LogP contribution in [0.2, 0.25) is 0 Å². The first-order chi connectivity index (χ1) is 4.62. The van der Waals surface area contributed by atoms with Gasteiger partial charge in [0.1, 0.15) is 6.29 Å². The fraction of sp³-hybridized carbons (Fsp3) is 0.875. The summed E-state index contributed by atoms with van der Waals surface area (Å²) in [5, 5.41) is 0. The SMILES string of the molecule is CC(C)(C=O)CCCCI. The average molecular weight is 254 g/mol. The first-order valence-electron chi connectivity index (χ1n) is 3.65. The van der Waals surface area contributed by atoms with E-state index in [0.717, 1.165) is 12.7 Å². The standard InChI is InChI=1S/C8H15IO/c1-8(2,7-10)5-3-4-6-9/h7H,3-6H2,1-2H3. The monoisotopic (exact) mass is 254 g/mol. The van der Waals surface area contributed by atoms with E-state index < -0.39 is 0 Å². The number of aldehydes is 1. The third-order valence-electron chi connectivity index (χ3n) is 1.52. The molecule has 10 heavy (non-hydrogen) atoms. The van der Waals surface area contributed by atoms with Crippen LogP contribution in [0.5, 0.6) is 0 Å². The molecule has 0 aliphatic rings. The van der Waals surface area contributed by atoms with Crippen molar-refractivity contribution in [1.29, 1.82) is 0 Å². The van der Waals surface area contributed by atoms with Crippen molar-refractivity contribution in [2.75, 3.05) is 4.43 Å². The van der Waals surface area contributed by atoms with Crippen LogP contribution in [0.25, 0.3) is 0 Å². The van der Waals surface area contributed by atoms with Crippen LogP contribution in [0.4, 0.5) is 0 Å². The molecule has 0 aromatic rings. The highest BCUT2D eigenvalue weighted by Gasteiger charge is 2.14. The molecular weight excluding hydrogens is 239 g/mol. The number of hydrogen-bond donors (Lipinski definition) is 0. The highest BCUT2D eigenvalue weighted by atomic mass is 127. The van der Waals surface area contributed by atoms with Crippen LogP contribution in [-0.2, 0) is 4.79 Å². The molecule has 0 aliphatic heterocycles. The van der Waals surface area contributed by atoms with Gasteiger partial charge in [-0.2, -0.15) is 0 Å². The third-order valence-corrected chi connectivity index (χ3v) is 2.29. The van der Waals surface area contributed by atoms with E-state index in [4.69, 9.17) is 0 Å². The summed E-state index contributed by atoms with van der Waals surface area (Å²) in [4.78, 5) is 10.4. The topological polar surface area (TPSA) is 17.1 Å². The molecule has 0 fully saturated rings. The summed E-state index contributed by atoms with van der Waals surface area (Å²) in [6.45, 7) is 3.99. The summed E-state index contributed by atoms with van der Waals surface area (Å²) in [7, 11) is 0. The number of hydrogen-bond acceptors (Lipinski definition) is 1. The fourth-order valence-corrected chi connectivity index (χ4v) is 1.27. The van der Waals surface area contributed by atoms with E-state index in [1.807, 2.05) is 13.8 Å². The Hall–Kier alpha value is 0.400. The van der Waals surface area contributed by atoms with Crippen molar-refractivity contribution in [2.24, 2.45) is 5.41 Å². The second-order valence-electron chi connectivity index (χ2n) is 3.25. The van der Waals surface area contributed by atoms with Gasteiger partial charge in [-0.3, -0.25) is 0 Å². The first kappa shape index (κ1) is 10.4. The lowest BCUT2D eigenvalue weighted by Gasteiger charge is -2.15. The average Bonchev–Trinajstić information content (AvgIpc) is 1.89. The molecule has 0 N–H and O–H groups in total. The molecular formula is C8H15IO.